The summed E-state index contributed by atoms with van der Waals surface area (Å²) < 4.78 is 6.38. The van der Waals surface area contributed by atoms with Crippen LogP contribution in [-0.4, -0.2) is 46.4 Å². The van der Waals surface area contributed by atoms with Gasteiger partial charge in [-0.2, -0.15) is 0 Å². The van der Waals surface area contributed by atoms with Gasteiger partial charge in [0.15, 0.2) is 6.10 Å². The van der Waals surface area contributed by atoms with Gasteiger partial charge in [-0.25, -0.2) is 4.90 Å². The number of anilines is 1. The molecule has 0 aliphatic carbocycles. The Bertz CT molecular complexity index is 1430. The van der Waals surface area contributed by atoms with E-state index < -0.39 is 29.1 Å². The smallest absolute Gasteiger partial charge is 0.263 e. The summed E-state index contributed by atoms with van der Waals surface area (Å²) in [5.74, 6) is -1.52. The molecule has 3 saturated heterocycles. The van der Waals surface area contributed by atoms with Crippen LogP contribution in [0.3, 0.4) is 0 Å². The Morgan fingerprint density at radius 3 is 1.86 bits per heavy atom. The molecule has 3 aromatic carbocycles. The third-order valence-electron chi connectivity index (χ3n) is 8.58. The van der Waals surface area contributed by atoms with E-state index in [1.165, 1.54) is 4.90 Å². The van der Waals surface area contributed by atoms with E-state index in [0.29, 0.717) is 5.69 Å². The third kappa shape index (κ3) is 2.66. The van der Waals surface area contributed by atoms with E-state index >= 15 is 0 Å². The Hall–Kier alpha value is -4.03. The summed E-state index contributed by atoms with van der Waals surface area (Å²) in [6.07, 6.45) is 1.11. The third-order valence-corrected chi connectivity index (χ3v) is 8.58. The Morgan fingerprint density at radius 1 is 0.757 bits per heavy atom. The van der Waals surface area contributed by atoms with Crippen LogP contribution < -0.4 is 4.90 Å². The first-order chi connectivity index (χ1) is 17.9. The number of rotatable bonds is 3. The Morgan fingerprint density at radius 2 is 1.30 bits per heavy atom. The minimum absolute atomic E-state index is 0.0683. The number of para-hydroxylation sites is 1. The second kappa shape index (κ2) is 7.49. The van der Waals surface area contributed by atoms with Crippen molar-refractivity contribution in [2.45, 2.75) is 43.1 Å². The molecule has 5 atom stereocenters. The number of nitrogens with zero attached hydrogens (tertiary/aromatic N) is 2. The molecule has 0 spiro atoms. The maximum atomic E-state index is 14.5. The lowest BCUT2D eigenvalue weighted by Crippen LogP contribution is -2.79. The van der Waals surface area contributed by atoms with Crippen LogP contribution in [0.1, 0.15) is 25.0 Å². The average molecular weight is 491 g/mol. The number of carbonyl (C=O) groups is 3. The summed E-state index contributed by atoms with van der Waals surface area (Å²) in [5.41, 5.74) is 1.50. The van der Waals surface area contributed by atoms with E-state index in [1.807, 2.05) is 91.6 Å². The highest BCUT2D eigenvalue weighted by molar-refractivity contribution is 6.24. The van der Waals surface area contributed by atoms with E-state index in [9.17, 15) is 14.4 Å². The Kier molecular flexibility index (Phi) is 4.49. The maximum absolute atomic E-state index is 14.5. The molecule has 4 heterocycles. The van der Waals surface area contributed by atoms with Crippen LogP contribution in [-0.2, 0) is 24.5 Å². The van der Waals surface area contributed by atoms with Crippen LogP contribution in [0.15, 0.2) is 103 Å². The monoisotopic (exact) mass is 490 g/mol. The van der Waals surface area contributed by atoms with E-state index in [0.717, 1.165) is 16.7 Å². The number of benzene rings is 3. The zero-order valence-electron chi connectivity index (χ0n) is 20.6. The summed E-state index contributed by atoms with van der Waals surface area (Å²) in [6.45, 7) is 3.91. The van der Waals surface area contributed by atoms with Crippen LogP contribution in [0.5, 0.6) is 0 Å². The van der Waals surface area contributed by atoms with Crippen molar-refractivity contribution in [2.75, 3.05) is 4.90 Å². The van der Waals surface area contributed by atoms with Crippen molar-refractivity contribution in [1.82, 2.24) is 4.90 Å². The van der Waals surface area contributed by atoms with Crippen LogP contribution in [0.2, 0.25) is 0 Å². The van der Waals surface area contributed by atoms with Crippen LogP contribution in [0.25, 0.3) is 0 Å². The molecule has 4 aliphatic heterocycles. The zero-order valence-corrected chi connectivity index (χ0v) is 20.6. The van der Waals surface area contributed by atoms with Gasteiger partial charge in [0.2, 0.25) is 11.8 Å². The van der Waals surface area contributed by atoms with Crippen molar-refractivity contribution in [2.24, 2.45) is 5.92 Å². The van der Waals surface area contributed by atoms with Crippen molar-refractivity contribution in [3.8, 4) is 0 Å². The van der Waals surface area contributed by atoms with Gasteiger partial charge >= 0.3 is 0 Å². The molecule has 3 amide bonds. The molecular formula is C31H26N2O4. The van der Waals surface area contributed by atoms with Crippen molar-refractivity contribution in [3.05, 3.63) is 114 Å². The maximum Gasteiger partial charge on any atom is 0.263 e. The highest BCUT2D eigenvalue weighted by atomic mass is 16.5. The molecule has 0 unspecified atom stereocenters. The SMILES string of the molecule is CC1=C[C@]2(C)O[C@@H]3C(=O)N(c4ccccc4)C(=O)[C@@H]3[C@@H]2N2C(=O)C(c3ccccc3)(c3ccccc3)[C@@H]12. The molecule has 37 heavy (non-hydrogen) atoms. The number of carbonyl (C=O) groups excluding carboxylic acids is 3. The topological polar surface area (TPSA) is 66.9 Å². The van der Waals surface area contributed by atoms with Gasteiger partial charge in [-0.3, -0.25) is 14.4 Å². The largest absolute Gasteiger partial charge is 0.355 e. The van der Waals surface area contributed by atoms with Crippen LogP contribution in [0.4, 0.5) is 5.69 Å². The van der Waals surface area contributed by atoms with Gasteiger partial charge in [-0.05, 0) is 43.2 Å². The molecule has 6 nitrogen and oxygen atoms in total. The molecule has 6 heteroatoms. The molecule has 0 radical (unpaired) electrons. The van der Waals surface area contributed by atoms with Crippen molar-refractivity contribution >= 4 is 23.4 Å². The summed E-state index contributed by atoms with van der Waals surface area (Å²) in [6, 6.07) is 27.7. The molecule has 4 aliphatic rings. The molecule has 0 bridgehead atoms. The first-order valence-corrected chi connectivity index (χ1v) is 12.6. The van der Waals surface area contributed by atoms with Crippen molar-refractivity contribution in [1.29, 1.82) is 0 Å². The predicted octanol–water partition coefficient (Wildman–Crippen LogP) is 3.86. The summed E-state index contributed by atoms with van der Waals surface area (Å²) in [5, 5.41) is 0. The van der Waals surface area contributed by atoms with Crippen LogP contribution in [0, 0.1) is 5.92 Å². The highest BCUT2D eigenvalue weighted by Crippen LogP contribution is 2.59. The molecular weight excluding hydrogens is 464 g/mol. The quantitative estimate of drug-likeness (QED) is 0.318. The average Bonchev–Trinajstić information content (AvgIpc) is 3.34. The van der Waals surface area contributed by atoms with Gasteiger partial charge in [-0.1, -0.05) is 84.4 Å². The highest BCUT2D eigenvalue weighted by Gasteiger charge is 2.74. The molecule has 7 rings (SSSR count). The number of ether oxygens (including phenoxy) is 1. The Balaban J connectivity index is 1.37. The molecule has 0 N–H and O–H groups in total. The van der Waals surface area contributed by atoms with E-state index in [2.05, 4.69) is 0 Å². The lowest BCUT2D eigenvalue weighted by molar-refractivity contribution is -0.168. The number of imide groups is 1. The van der Waals surface area contributed by atoms with Crippen molar-refractivity contribution in [3.63, 3.8) is 0 Å². The molecule has 0 aromatic heterocycles. The van der Waals surface area contributed by atoms with Gasteiger partial charge in [0.05, 0.1) is 23.7 Å². The first kappa shape index (κ1) is 22.2. The standard InChI is InChI=1S/C31H26N2O4/c1-19-18-30(2)26(23-24(37-30)28(35)32(27(23)34)22-16-10-5-11-17-22)33-25(19)31(29(33)36,20-12-6-3-7-13-20)21-14-8-4-9-15-21/h3-18,23-26H,1-2H3/t23-,24-,25+,26-,30-/m0/s1. The minimum Gasteiger partial charge on any atom is -0.355 e. The van der Waals surface area contributed by atoms with Crippen LogP contribution >= 0.6 is 0 Å². The second-order valence-corrected chi connectivity index (χ2v) is 10.6. The fourth-order valence-corrected chi connectivity index (χ4v) is 7.28. The molecule has 184 valence electrons. The number of hydrogen-bond acceptors (Lipinski definition) is 4. The number of fused-ring (bicyclic) bond motifs is 5. The second-order valence-electron chi connectivity index (χ2n) is 10.6. The zero-order chi connectivity index (χ0) is 25.5. The van der Waals surface area contributed by atoms with E-state index in [4.69, 9.17) is 4.74 Å². The lowest BCUT2D eigenvalue weighted by Gasteiger charge is -2.63. The summed E-state index contributed by atoms with van der Waals surface area (Å²) in [7, 11) is 0. The fourth-order valence-electron chi connectivity index (χ4n) is 7.28. The fraction of sp³-hybridized carbons (Fsp3) is 0.258. The van der Waals surface area contributed by atoms with Gasteiger partial charge in [0.25, 0.3) is 5.91 Å². The number of amides is 3. The van der Waals surface area contributed by atoms with Gasteiger partial charge in [-0.15, -0.1) is 0 Å². The Labute approximate surface area is 215 Å². The number of hydrogen-bond donors (Lipinski definition) is 0. The van der Waals surface area contributed by atoms with E-state index in [-0.39, 0.29) is 23.8 Å². The minimum atomic E-state index is -0.931. The normalized spacial score (nSPS) is 31.4. The van der Waals surface area contributed by atoms with Gasteiger partial charge in [0, 0.05) is 0 Å². The molecule has 3 aromatic rings. The first-order valence-electron chi connectivity index (χ1n) is 12.6. The van der Waals surface area contributed by atoms with Gasteiger partial charge < -0.3 is 9.64 Å². The summed E-state index contributed by atoms with van der Waals surface area (Å²) >= 11 is 0. The van der Waals surface area contributed by atoms with Crippen molar-refractivity contribution < 1.29 is 19.1 Å². The molecule has 3 fully saturated rings. The molecule has 0 saturated carbocycles. The van der Waals surface area contributed by atoms with E-state index in [1.54, 1.807) is 24.3 Å². The predicted molar refractivity (Wildman–Crippen MR) is 138 cm³/mol. The van der Waals surface area contributed by atoms with Gasteiger partial charge in [0.1, 0.15) is 11.0 Å². The lowest BCUT2D eigenvalue weighted by atomic mass is 9.56. The summed E-state index contributed by atoms with van der Waals surface area (Å²) in [4.78, 5) is 44.9. The number of β-lactam (4-membered cyclic amide) rings is 1.